The Hall–Kier alpha value is -0.770. The number of halogens is 2. The normalized spacial score (nSPS) is 23.7. The molecule has 0 radical (unpaired) electrons. The number of anilines is 1. The van der Waals surface area contributed by atoms with Crippen molar-refractivity contribution in [2.75, 3.05) is 11.9 Å². The van der Waals surface area contributed by atoms with Crippen LogP contribution in [0.3, 0.4) is 0 Å². The molecule has 1 heterocycles. The minimum Gasteiger partial charge on any atom is -0.323 e. The number of carbonyl (C=O) groups excluding carboxylic acids is 1. The standard InChI is InChI=1S/C12H14Cl2N2O/c1-12(5-2-6-15-12)11(17)16-10-4-3-8(13)7-9(10)14/h3-4,7,15H,2,5-6H2,1H3,(H,16,17). The second kappa shape index (κ2) is 4.84. The fourth-order valence-electron chi connectivity index (χ4n) is 1.94. The number of benzene rings is 1. The van der Waals surface area contributed by atoms with Gasteiger partial charge < -0.3 is 10.6 Å². The molecule has 17 heavy (non-hydrogen) atoms. The molecule has 1 amide bonds. The zero-order valence-corrected chi connectivity index (χ0v) is 11.0. The Labute approximate surface area is 110 Å². The third-order valence-electron chi connectivity index (χ3n) is 3.05. The maximum atomic E-state index is 12.1. The monoisotopic (exact) mass is 272 g/mol. The molecule has 1 fully saturated rings. The molecule has 1 unspecified atom stereocenters. The predicted molar refractivity (Wildman–Crippen MR) is 70.7 cm³/mol. The van der Waals surface area contributed by atoms with Gasteiger partial charge in [0.25, 0.3) is 0 Å². The first kappa shape index (κ1) is 12.7. The zero-order valence-electron chi connectivity index (χ0n) is 9.52. The lowest BCUT2D eigenvalue weighted by Crippen LogP contribution is -2.48. The van der Waals surface area contributed by atoms with Gasteiger partial charge in [-0.2, -0.15) is 0 Å². The van der Waals surface area contributed by atoms with Gasteiger partial charge in [0, 0.05) is 5.02 Å². The highest BCUT2D eigenvalue weighted by atomic mass is 35.5. The van der Waals surface area contributed by atoms with Gasteiger partial charge in [-0.05, 0) is 44.5 Å². The Balaban J connectivity index is 2.13. The van der Waals surface area contributed by atoms with E-state index in [-0.39, 0.29) is 5.91 Å². The lowest BCUT2D eigenvalue weighted by atomic mass is 9.99. The van der Waals surface area contributed by atoms with Gasteiger partial charge >= 0.3 is 0 Å². The van der Waals surface area contributed by atoms with E-state index in [1.54, 1.807) is 18.2 Å². The first-order valence-corrected chi connectivity index (χ1v) is 6.28. The quantitative estimate of drug-likeness (QED) is 0.869. The summed E-state index contributed by atoms with van der Waals surface area (Å²) in [7, 11) is 0. The van der Waals surface area contributed by atoms with Crippen molar-refractivity contribution >= 4 is 34.8 Å². The largest absolute Gasteiger partial charge is 0.323 e. The molecule has 1 aliphatic rings. The number of carbonyl (C=O) groups is 1. The highest BCUT2D eigenvalue weighted by Gasteiger charge is 2.35. The fourth-order valence-corrected chi connectivity index (χ4v) is 2.40. The van der Waals surface area contributed by atoms with Crippen LogP contribution in [0, 0.1) is 0 Å². The Kier molecular flexibility index (Phi) is 3.61. The first-order valence-electron chi connectivity index (χ1n) is 5.53. The van der Waals surface area contributed by atoms with E-state index in [9.17, 15) is 4.79 Å². The highest BCUT2D eigenvalue weighted by Crippen LogP contribution is 2.27. The second-order valence-electron chi connectivity index (χ2n) is 4.44. The summed E-state index contributed by atoms with van der Waals surface area (Å²) < 4.78 is 0. The van der Waals surface area contributed by atoms with Crippen LogP contribution in [0.15, 0.2) is 18.2 Å². The van der Waals surface area contributed by atoms with Crippen LogP contribution in [-0.2, 0) is 4.79 Å². The molecule has 1 aromatic carbocycles. The summed E-state index contributed by atoms with van der Waals surface area (Å²) in [5.74, 6) is -0.0563. The van der Waals surface area contributed by atoms with Crippen molar-refractivity contribution in [3.8, 4) is 0 Å². The van der Waals surface area contributed by atoms with E-state index < -0.39 is 5.54 Å². The summed E-state index contributed by atoms with van der Waals surface area (Å²) in [6.45, 7) is 2.78. The van der Waals surface area contributed by atoms with Crippen LogP contribution in [0.4, 0.5) is 5.69 Å². The summed E-state index contributed by atoms with van der Waals surface area (Å²) in [5.41, 5.74) is 0.0965. The van der Waals surface area contributed by atoms with Crippen molar-refractivity contribution in [3.05, 3.63) is 28.2 Å². The van der Waals surface area contributed by atoms with Gasteiger partial charge in [-0.15, -0.1) is 0 Å². The molecule has 2 rings (SSSR count). The van der Waals surface area contributed by atoms with Gasteiger partial charge in [0.15, 0.2) is 0 Å². The maximum absolute atomic E-state index is 12.1. The number of nitrogens with one attached hydrogen (secondary N) is 2. The van der Waals surface area contributed by atoms with E-state index in [0.717, 1.165) is 19.4 Å². The molecule has 2 N–H and O–H groups in total. The molecule has 0 bridgehead atoms. The molecule has 1 aliphatic heterocycles. The van der Waals surface area contributed by atoms with Crippen LogP contribution in [0.5, 0.6) is 0 Å². The Morgan fingerprint density at radius 3 is 2.82 bits per heavy atom. The van der Waals surface area contributed by atoms with Crippen molar-refractivity contribution in [3.63, 3.8) is 0 Å². The van der Waals surface area contributed by atoms with Crippen molar-refractivity contribution in [2.24, 2.45) is 0 Å². The minimum atomic E-state index is -0.497. The van der Waals surface area contributed by atoms with Gasteiger partial charge in [-0.3, -0.25) is 4.79 Å². The van der Waals surface area contributed by atoms with Crippen molar-refractivity contribution in [1.29, 1.82) is 0 Å². The molecule has 92 valence electrons. The van der Waals surface area contributed by atoms with Gasteiger partial charge in [-0.1, -0.05) is 23.2 Å². The third kappa shape index (κ3) is 2.73. The topological polar surface area (TPSA) is 41.1 Å². The first-order chi connectivity index (χ1) is 8.01. The van der Waals surface area contributed by atoms with Gasteiger partial charge in [0.05, 0.1) is 16.2 Å². The van der Waals surface area contributed by atoms with E-state index in [0.29, 0.717) is 15.7 Å². The SMILES string of the molecule is CC1(C(=O)Nc2ccc(Cl)cc2Cl)CCCN1. The van der Waals surface area contributed by atoms with Crippen molar-refractivity contribution in [1.82, 2.24) is 5.32 Å². The fraction of sp³-hybridized carbons (Fsp3) is 0.417. The van der Waals surface area contributed by atoms with Crippen molar-refractivity contribution in [2.45, 2.75) is 25.3 Å². The minimum absolute atomic E-state index is 0.0563. The highest BCUT2D eigenvalue weighted by molar-refractivity contribution is 6.36. The predicted octanol–water partition coefficient (Wildman–Crippen LogP) is 3.07. The van der Waals surface area contributed by atoms with E-state index in [2.05, 4.69) is 10.6 Å². The molecular formula is C12H14Cl2N2O. The van der Waals surface area contributed by atoms with E-state index >= 15 is 0 Å². The molecule has 1 aromatic rings. The van der Waals surface area contributed by atoms with E-state index in [1.807, 2.05) is 6.92 Å². The van der Waals surface area contributed by atoms with Crippen LogP contribution in [-0.4, -0.2) is 18.0 Å². The number of amides is 1. The Morgan fingerprint density at radius 2 is 2.24 bits per heavy atom. The molecule has 3 nitrogen and oxygen atoms in total. The van der Waals surface area contributed by atoms with E-state index in [4.69, 9.17) is 23.2 Å². The van der Waals surface area contributed by atoms with Crippen LogP contribution < -0.4 is 10.6 Å². The Morgan fingerprint density at radius 1 is 1.47 bits per heavy atom. The molecule has 0 aromatic heterocycles. The van der Waals surface area contributed by atoms with E-state index in [1.165, 1.54) is 0 Å². The van der Waals surface area contributed by atoms with Crippen molar-refractivity contribution < 1.29 is 4.79 Å². The summed E-state index contributed by atoms with van der Waals surface area (Å²) in [5, 5.41) is 7.04. The molecule has 0 aliphatic carbocycles. The van der Waals surface area contributed by atoms with Crippen LogP contribution >= 0.6 is 23.2 Å². The lowest BCUT2D eigenvalue weighted by molar-refractivity contribution is -0.121. The zero-order chi connectivity index (χ0) is 12.5. The summed E-state index contributed by atoms with van der Waals surface area (Å²) in [6, 6.07) is 5.03. The molecule has 0 saturated carbocycles. The van der Waals surface area contributed by atoms with Gasteiger partial charge in [-0.25, -0.2) is 0 Å². The molecular weight excluding hydrogens is 259 g/mol. The van der Waals surface area contributed by atoms with Crippen LogP contribution in [0.25, 0.3) is 0 Å². The second-order valence-corrected chi connectivity index (χ2v) is 5.28. The molecule has 5 heteroatoms. The smallest absolute Gasteiger partial charge is 0.244 e. The number of hydrogen-bond donors (Lipinski definition) is 2. The molecule has 1 saturated heterocycles. The van der Waals surface area contributed by atoms with Gasteiger partial charge in [0.2, 0.25) is 5.91 Å². The average Bonchev–Trinajstić information content (AvgIpc) is 2.71. The average molecular weight is 273 g/mol. The number of hydrogen-bond acceptors (Lipinski definition) is 2. The summed E-state index contributed by atoms with van der Waals surface area (Å²) >= 11 is 11.8. The summed E-state index contributed by atoms with van der Waals surface area (Å²) in [6.07, 6.45) is 1.85. The Bertz CT molecular complexity index is 442. The maximum Gasteiger partial charge on any atom is 0.244 e. The van der Waals surface area contributed by atoms with Crippen LogP contribution in [0.1, 0.15) is 19.8 Å². The van der Waals surface area contributed by atoms with Crippen LogP contribution in [0.2, 0.25) is 10.0 Å². The number of rotatable bonds is 2. The van der Waals surface area contributed by atoms with Gasteiger partial charge in [0.1, 0.15) is 0 Å². The lowest BCUT2D eigenvalue weighted by Gasteiger charge is -2.23. The third-order valence-corrected chi connectivity index (χ3v) is 3.60. The summed E-state index contributed by atoms with van der Waals surface area (Å²) in [4.78, 5) is 12.1. The molecule has 0 spiro atoms. The molecule has 1 atom stereocenters.